The van der Waals surface area contributed by atoms with Gasteiger partial charge in [0.05, 0.1) is 24.2 Å². The lowest BCUT2D eigenvalue weighted by Crippen LogP contribution is -2.36. The normalized spacial score (nSPS) is 13.9. The Morgan fingerprint density at radius 1 is 1.30 bits per heavy atom. The van der Waals surface area contributed by atoms with Gasteiger partial charge in [0.25, 0.3) is 11.6 Å². The van der Waals surface area contributed by atoms with Crippen LogP contribution < -0.4 is 15.0 Å². The van der Waals surface area contributed by atoms with E-state index in [-0.39, 0.29) is 24.0 Å². The number of nitro benzene ring substituents is 1. The number of nitrogens with one attached hydrogen (secondary N) is 1. The number of nitrogens with zero attached hydrogens (tertiary/aromatic N) is 3. The van der Waals surface area contributed by atoms with Crippen molar-refractivity contribution in [3.05, 3.63) is 58.3 Å². The van der Waals surface area contributed by atoms with Crippen LogP contribution in [0.25, 0.3) is 0 Å². The Bertz CT molecular complexity index is 808. The van der Waals surface area contributed by atoms with Crippen molar-refractivity contribution >= 4 is 17.4 Å². The zero-order valence-electron chi connectivity index (χ0n) is 14.7. The van der Waals surface area contributed by atoms with Crippen LogP contribution in [0.3, 0.4) is 0 Å². The Labute approximate surface area is 156 Å². The van der Waals surface area contributed by atoms with E-state index in [2.05, 4.69) is 15.2 Å². The quantitative estimate of drug-likeness (QED) is 0.580. The third-order valence-electron chi connectivity index (χ3n) is 4.03. The minimum atomic E-state index is -0.511. The molecule has 0 unspecified atom stereocenters. The van der Waals surface area contributed by atoms with E-state index in [9.17, 15) is 14.9 Å². The third kappa shape index (κ3) is 5.38. The van der Waals surface area contributed by atoms with Gasteiger partial charge in [0.1, 0.15) is 11.6 Å². The highest BCUT2D eigenvalue weighted by molar-refractivity contribution is 5.77. The van der Waals surface area contributed by atoms with Crippen LogP contribution in [-0.2, 0) is 16.1 Å². The summed E-state index contributed by atoms with van der Waals surface area (Å²) in [5.41, 5.74) is 0.843. The highest BCUT2D eigenvalue weighted by atomic mass is 16.6. The Morgan fingerprint density at radius 2 is 2.11 bits per heavy atom. The summed E-state index contributed by atoms with van der Waals surface area (Å²) in [5.74, 6) is 0.821. The summed E-state index contributed by atoms with van der Waals surface area (Å²) < 4.78 is 10.7. The zero-order chi connectivity index (χ0) is 19.1. The van der Waals surface area contributed by atoms with Crippen molar-refractivity contribution in [2.24, 2.45) is 0 Å². The summed E-state index contributed by atoms with van der Waals surface area (Å²) in [4.78, 5) is 28.7. The van der Waals surface area contributed by atoms with E-state index >= 15 is 0 Å². The number of nitro groups is 1. The van der Waals surface area contributed by atoms with Gasteiger partial charge < -0.3 is 19.7 Å². The first-order chi connectivity index (χ1) is 13.1. The number of carbonyl (C=O) groups excluding carboxylic acids is 1. The molecule has 0 bridgehead atoms. The average Bonchev–Trinajstić information content (AvgIpc) is 2.72. The van der Waals surface area contributed by atoms with Crippen molar-refractivity contribution in [3.63, 3.8) is 0 Å². The number of aromatic nitrogens is 1. The highest BCUT2D eigenvalue weighted by Gasteiger charge is 2.13. The predicted molar refractivity (Wildman–Crippen MR) is 97.7 cm³/mol. The number of ether oxygens (including phenoxy) is 2. The predicted octanol–water partition coefficient (Wildman–Crippen LogP) is 1.52. The molecular weight excluding hydrogens is 352 g/mol. The van der Waals surface area contributed by atoms with E-state index in [0.29, 0.717) is 19.8 Å². The number of benzene rings is 1. The molecule has 0 spiro atoms. The maximum absolute atomic E-state index is 12.0. The van der Waals surface area contributed by atoms with Crippen LogP contribution in [0, 0.1) is 10.1 Å². The van der Waals surface area contributed by atoms with Crippen LogP contribution in [0.5, 0.6) is 5.75 Å². The van der Waals surface area contributed by atoms with E-state index in [4.69, 9.17) is 9.47 Å². The van der Waals surface area contributed by atoms with E-state index in [1.165, 1.54) is 18.2 Å². The van der Waals surface area contributed by atoms with Crippen molar-refractivity contribution in [3.8, 4) is 5.75 Å². The van der Waals surface area contributed by atoms with Gasteiger partial charge in [-0.3, -0.25) is 14.9 Å². The van der Waals surface area contributed by atoms with Crippen molar-refractivity contribution in [1.82, 2.24) is 10.3 Å². The van der Waals surface area contributed by atoms with Crippen LogP contribution in [0.2, 0.25) is 0 Å². The van der Waals surface area contributed by atoms with E-state index in [1.807, 2.05) is 12.1 Å². The van der Waals surface area contributed by atoms with Crippen molar-refractivity contribution in [2.45, 2.75) is 6.54 Å². The van der Waals surface area contributed by atoms with Crippen LogP contribution in [-0.4, -0.2) is 48.7 Å². The molecule has 142 valence electrons. The molecule has 2 aromatic rings. The molecular formula is C18H20N4O5. The molecule has 0 aliphatic carbocycles. The number of non-ortho nitro benzene ring substituents is 1. The summed E-state index contributed by atoms with van der Waals surface area (Å²) >= 11 is 0. The number of morpholine rings is 1. The van der Waals surface area contributed by atoms with Gasteiger partial charge in [-0.25, -0.2) is 4.98 Å². The minimum Gasteiger partial charge on any atom is -0.484 e. The van der Waals surface area contributed by atoms with Crippen LogP contribution in [0.15, 0.2) is 42.6 Å². The number of amides is 1. The molecule has 1 aromatic carbocycles. The van der Waals surface area contributed by atoms with E-state index in [0.717, 1.165) is 24.5 Å². The number of carbonyl (C=O) groups is 1. The fourth-order valence-electron chi connectivity index (χ4n) is 2.62. The van der Waals surface area contributed by atoms with Crippen LogP contribution in [0.4, 0.5) is 11.5 Å². The van der Waals surface area contributed by atoms with Gasteiger partial charge in [-0.2, -0.15) is 0 Å². The molecule has 9 nitrogen and oxygen atoms in total. The van der Waals surface area contributed by atoms with Crippen molar-refractivity contribution < 1.29 is 19.2 Å². The van der Waals surface area contributed by atoms with Gasteiger partial charge in [0, 0.05) is 31.9 Å². The second-order valence-electron chi connectivity index (χ2n) is 5.94. The summed E-state index contributed by atoms with van der Waals surface area (Å²) in [7, 11) is 0. The maximum atomic E-state index is 12.0. The fraction of sp³-hybridized carbons (Fsp3) is 0.333. The minimum absolute atomic E-state index is 0.0830. The number of pyridine rings is 1. The molecule has 2 heterocycles. The molecule has 9 heteroatoms. The first-order valence-electron chi connectivity index (χ1n) is 8.53. The largest absolute Gasteiger partial charge is 0.484 e. The second kappa shape index (κ2) is 8.95. The fourth-order valence-corrected chi connectivity index (χ4v) is 2.62. The monoisotopic (exact) mass is 372 g/mol. The number of hydrogen-bond donors (Lipinski definition) is 1. The molecule has 1 aromatic heterocycles. The van der Waals surface area contributed by atoms with E-state index in [1.54, 1.807) is 12.3 Å². The number of anilines is 1. The maximum Gasteiger partial charge on any atom is 0.273 e. The van der Waals surface area contributed by atoms with Crippen molar-refractivity contribution in [2.75, 3.05) is 37.8 Å². The first-order valence-corrected chi connectivity index (χ1v) is 8.53. The zero-order valence-corrected chi connectivity index (χ0v) is 14.7. The molecule has 1 fully saturated rings. The molecule has 1 N–H and O–H groups in total. The van der Waals surface area contributed by atoms with Crippen LogP contribution in [0.1, 0.15) is 5.56 Å². The Kier molecular flexibility index (Phi) is 6.16. The third-order valence-corrected chi connectivity index (χ3v) is 4.03. The van der Waals surface area contributed by atoms with Gasteiger partial charge >= 0.3 is 0 Å². The van der Waals surface area contributed by atoms with E-state index < -0.39 is 4.92 Å². The molecule has 0 radical (unpaired) electrons. The lowest BCUT2D eigenvalue weighted by molar-refractivity contribution is -0.384. The van der Waals surface area contributed by atoms with Gasteiger partial charge in [-0.05, 0) is 23.8 Å². The lowest BCUT2D eigenvalue weighted by atomic mass is 10.2. The van der Waals surface area contributed by atoms with Gasteiger partial charge in [-0.15, -0.1) is 0 Å². The second-order valence-corrected chi connectivity index (χ2v) is 5.94. The molecule has 27 heavy (non-hydrogen) atoms. The van der Waals surface area contributed by atoms with Gasteiger partial charge in [0.15, 0.2) is 6.61 Å². The lowest BCUT2D eigenvalue weighted by Gasteiger charge is -2.28. The molecule has 1 amide bonds. The molecule has 1 saturated heterocycles. The first kappa shape index (κ1) is 18.6. The Balaban J connectivity index is 1.49. The Hall–Kier alpha value is -3.20. The SMILES string of the molecule is O=C(COc1cccc([N+](=O)[O-])c1)NCc1ccnc(N2CCOCC2)c1. The molecule has 3 rings (SSSR count). The van der Waals surface area contributed by atoms with Gasteiger partial charge in [0.2, 0.25) is 0 Å². The summed E-state index contributed by atoms with van der Waals surface area (Å²) in [6, 6.07) is 9.50. The molecule has 1 aliphatic rings. The Morgan fingerprint density at radius 3 is 2.89 bits per heavy atom. The standard InChI is InChI=1S/C18H20N4O5/c23-18(13-27-16-3-1-2-15(11-16)22(24)25)20-12-14-4-5-19-17(10-14)21-6-8-26-9-7-21/h1-5,10-11H,6-9,12-13H2,(H,20,23). The number of rotatable bonds is 7. The van der Waals surface area contributed by atoms with Gasteiger partial charge in [-0.1, -0.05) is 6.07 Å². The number of hydrogen-bond acceptors (Lipinski definition) is 7. The topological polar surface area (TPSA) is 107 Å². The van der Waals surface area contributed by atoms with Crippen LogP contribution >= 0.6 is 0 Å². The highest BCUT2D eigenvalue weighted by Crippen LogP contribution is 2.19. The summed E-state index contributed by atoms with van der Waals surface area (Å²) in [6.07, 6.45) is 1.71. The molecule has 0 atom stereocenters. The summed E-state index contributed by atoms with van der Waals surface area (Å²) in [6.45, 7) is 3.06. The smallest absolute Gasteiger partial charge is 0.273 e. The summed E-state index contributed by atoms with van der Waals surface area (Å²) in [5, 5.41) is 13.5. The molecule has 1 aliphatic heterocycles. The average molecular weight is 372 g/mol. The molecule has 0 saturated carbocycles. The van der Waals surface area contributed by atoms with Crippen molar-refractivity contribution in [1.29, 1.82) is 0 Å².